The molecule has 0 amide bonds. The zero-order valence-electron chi connectivity index (χ0n) is 11.1. The third kappa shape index (κ3) is 2.79. The lowest BCUT2D eigenvalue weighted by atomic mass is 10.1. The van der Waals surface area contributed by atoms with E-state index < -0.39 is 6.10 Å². The molecule has 0 aliphatic rings. The van der Waals surface area contributed by atoms with Gasteiger partial charge in [0.05, 0.1) is 0 Å². The van der Waals surface area contributed by atoms with Gasteiger partial charge in [-0.2, -0.15) is 0 Å². The van der Waals surface area contributed by atoms with Crippen LogP contribution in [0.1, 0.15) is 23.0 Å². The summed E-state index contributed by atoms with van der Waals surface area (Å²) in [4.78, 5) is 0. The van der Waals surface area contributed by atoms with Crippen LogP contribution < -0.4 is 0 Å². The van der Waals surface area contributed by atoms with Crippen molar-refractivity contribution in [2.24, 2.45) is 0 Å². The summed E-state index contributed by atoms with van der Waals surface area (Å²) in [5, 5.41) is 11.3. The molecule has 20 heavy (non-hydrogen) atoms. The second kappa shape index (κ2) is 5.43. The molecule has 3 heteroatoms. The Morgan fingerprint density at radius 2 is 1.85 bits per heavy atom. The maximum Gasteiger partial charge on any atom is 0.134 e. The Kier molecular flexibility index (Phi) is 3.64. The van der Waals surface area contributed by atoms with Crippen molar-refractivity contribution in [2.45, 2.75) is 19.4 Å². The lowest BCUT2D eigenvalue weighted by molar-refractivity contribution is 0.152. The highest BCUT2D eigenvalue weighted by molar-refractivity contribution is 9.10. The molecule has 0 fully saturated rings. The summed E-state index contributed by atoms with van der Waals surface area (Å²) in [6, 6.07) is 15.9. The van der Waals surface area contributed by atoms with E-state index in [4.69, 9.17) is 4.42 Å². The van der Waals surface area contributed by atoms with Gasteiger partial charge in [-0.3, -0.25) is 0 Å². The van der Waals surface area contributed by atoms with Crippen molar-refractivity contribution >= 4 is 26.9 Å². The lowest BCUT2D eigenvalue weighted by Gasteiger charge is -2.07. The first kappa shape index (κ1) is 13.4. The fourth-order valence-electron chi connectivity index (χ4n) is 2.29. The highest BCUT2D eigenvalue weighted by atomic mass is 79.9. The Labute approximate surface area is 126 Å². The van der Waals surface area contributed by atoms with E-state index in [0.717, 1.165) is 21.0 Å². The van der Waals surface area contributed by atoms with Crippen molar-refractivity contribution in [3.05, 3.63) is 69.9 Å². The summed E-state index contributed by atoms with van der Waals surface area (Å²) in [5.41, 5.74) is 3.09. The van der Waals surface area contributed by atoms with E-state index in [-0.39, 0.29) is 0 Å². The normalized spacial score (nSPS) is 12.8. The molecule has 0 spiro atoms. The van der Waals surface area contributed by atoms with Crippen LogP contribution in [0.25, 0.3) is 11.0 Å². The molecular weight excluding hydrogens is 316 g/mol. The number of aryl methyl sites for hydroxylation is 1. The van der Waals surface area contributed by atoms with E-state index in [9.17, 15) is 5.11 Å². The van der Waals surface area contributed by atoms with E-state index >= 15 is 0 Å². The van der Waals surface area contributed by atoms with Crippen molar-refractivity contribution in [1.82, 2.24) is 0 Å². The number of rotatable bonds is 3. The molecule has 0 aliphatic carbocycles. The summed E-state index contributed by atoms with van der Waals surface area (Å²) in [7, 11) is 0. The molecule has 1 unspecified atom stereocenters. The van der Waals surface area contributed by atoms with Gasteiger partial charge in [0.2, 0.25) is 0 Å². The standard InChI is InChI=1S/C17H15BrO2/c1-11-2-7-16-13(8-11)10-17(20-16)15(19)9-12-3-5-14(18)6-4-12/h2-8,10,15,19H,9H2,1H3. The van der Waals surface area contributed by atoms with Gasteiger partial charge in [0, 0.05) is 16.3 Å². The number of hydrogen-bond donors (Lipinski definition) is 1. The number of benzene rings is 2. The number of aliphatic hydroxyl groups excluding tert-OH is 1. The van der Waals surface area contributed by atoms with Gasteiger partial charge in [-0.05, 0) is 42.8 Å². The van der Waals surface area contributed by atoms with Crippen LogP contribution in [0.15, 0.2) is 57.4 Å². The second-order valence-electron chi connectivity index (χ2n) is 5.04. The molecule has 1 aromatic heterocycles. The fourth-order valence-corrected chi connectivity index (χ4v) is 2.56. The topological polar surface area (TPSA) is 33.4 Å². The predicted molar refractivity (Wildman–Crippen MR) is 83.8 cm³/mol. The molecule has 1 heterocycles. The zero-order valence-corrected chi connectivity index (χ0v) is 12.7. The third-order valence-electron chi connectivity index (χ3n) is 3.36. The van der Waals surface area contributed by atoms with Crippen LogP contribution >= 0.6 is 15.9 Å². The molecular formula is C17H15BrO2. The molecule has 1 N–H and O–H groups in total. The summed E-state index contributed by atoms with van der Waals surface area (Å²) in [6.07, 6.45) is -0.0737. The minimum atomic E-state index is -0.621. The molecule has 3 aromatic rings. The number of furan rings is 1. The maximum absolute atomic E-state index is 10.3. The maximum atomic E-state index is 10.3. The van der Waals surface area contributed by atoms with E-state index in [0.29, 0.717) is 12.2 Å². The Hall–Kier alpha value is -1.58. The number of fused-ring (bicyclic) bond motifs is 1. The Morgan fingerprint density at radius 1 is 1.10 bits per heavy atom. The summed E-state index contributed by atoms with van der Waals surface area (Å²) in [6.45, 7) is 2.05. The van der Waals surface area contributed by atoms with Gasteiger partial charge in [0.25, 0.3) is 0 Å². The van der Waals surface area contributed by atoms with Crippen LogP contribution in [0, 0.1) is 6.92 Å². The van der Waals surface area contributed by atoms with Gasteiger partial charge in [0.15, 0.2) is 0 Å². The van der Waals surface area contributed by atoms with Crippen LogP contribution in [-0.2, 0) is 6.42 Å². The molecule has 3 rings (SSSR count). The van der Waals surface area contributed by atoms with Gasteiger partial charge >= 0.3 is 0 Å². The average molecular weight is 331 g/mol. The minimum absolute atomic E-state index is 0.548. The minimum Gasteiger partial charge on any atom is -0.458 e. The SMILES string of the molecule is Cc1ccc2oc(C(O)Cc3ccc(Br)cc3)cc2c1. The fraction of sp³-hybridized carbons (Fsp3) is 0.176. The smallest absolute Gasteiger partial charge is 0.134 e. The lowest BCUT2D eigenvalue weighted by Crippen LogP contribution is -2.00. The molecule has 0 aliphatic heterocycles. The Morgan fingerprint density at radius 3 is 2.60 bits per heavy atom. The number of aliphatic hydroxyl groups is 1. The highest BCUT2D eigenvalue weighted by Crippen LogP contribution is 2.27. The zero-order chi connectivity index (χ0) is 14.1. The summed E-state index contributed by atoms with van der Waals surface area (Å²) >= 11 is 3.41. The van der Waals surface area contributed by atoms with Crippen LogP contribution in [0.4, 0.5) is 0 Å². The van der Waals surface area contributed by atoms with Gasteiger partial charge in [0.1, 0.15) is 17.4 Å². The van der Waals surface area contributed by atoms with Gasteiger partial charge in [-0.1, -0.05) is 39.7 Å². The third-order valence-corrected chi connectivity index (χ3v) is 3.89. The van der Waals surface area contributed by atoms with Crippen molar-refractivity contribution < 1.29 is 9.52 Å². The van der Waals surface area contributed by atoms with Gasteiger partial charge in [-0.15, -0.1) is 0 Å². The largest absolute Gasteiger partial charge is 0.458 e. The van der Waals surface area contributed by atoms with Crippen molar-refractivity contribution in [2.75, 3.05) is 0 Å². The molecule has 102 valence electrons. The molecule has 0 radical (unpaired) electrons. The van der Waals surface area contributed by atoms with E-state index in [2.05, 4.69) is 22.0 Å². The van der Waals surface area contributed by atoms with Crippen molar-refractivity contribution in [3.8, 4) is 0 Å². The average Bonchev–Trinajstić information content (AvgIpc) is 2.84. The van der Waals surface area contributed by atoms with Crippen molar-refractivity contribution in [3.63, 3.8) is 0 Å². The molecule has 1 atom stereocenters. The van der Waals surface area contributed by atoms with Gasteiger partial charge < -0.3 is 9.52 Å². The highest BCUT2D eigenvalue weighted by Gasteiger charge is 2.14. The number of hydrogen-bond acceptors (Lipinski definition) is 2. The monoisotopic (exact) mass is 330 g/mol. The summed E-state index contributed by atoms with van der Waals surface area (Å²) in [5.74, 6) is 0.619. The van der Waals surface area contributed by atoms with Crippen LogP contribution in [-0.4, -0.2) is 5.11 Å². The van der Waals surface area contributed by atoms with Crippen LogP contribution in [0.2, 0.25) is 0 Å². The number of halogens is 1. The molecule has 0 bridgehead atoms. The van der Waals surface area contributed by atoms with E-state index in [1.54, 1.807) is 0 Å². The Balaban J connectivity index is 1.84. The molecule has 0 saturated carbocycles. The predicted octanol–water partition coefficient (Wildman–Crippen LogP) is 4.78. The Bertz CT molecular complexity index is 728. The van der Waals surface area contributed by atoms with Crippen molar-refractivity contribution in [1.29, 1.82) is 0 Å². The van der Waals surface area contributed by atoms with E-state index in [1.165, 1.54) is 5.56 Å². The van der Waals surface area contributed by atoms with Crippen LogP contribution in [0.5, 0.6) is 0 Å². The second-order valence-corrected chi connectivity index (χ2v) is 5.95. The van der Waals surface area contributed by atoms with E-state index in [1.807, 2.05) is 49.4 Å². The first-order valence-electron chi connectivity index (χ1n) is 6.54. The summed E-state index contributed by atoms with van der Waals surface area (Å²) < 4.78 is 6.76. The quantitative estimate of drug-likeness (QED) is 0.749. The molecule has 2 nitrogen and oxygen atoms in total. The molecule has 2 aromatic carbocycles. The first-order chi connectivity index (χ1) is 9.61. The van der Waals surface area contributed by atoms with Gasteiger partial charge in [-0.25, -0.2) is 0 Å². The van der Waals surface area contributed by atoms with Crippen LogP contribution in [0.3, 0.4) is 0 Å². The molecule has 0 saturated heterocycles. The first-order valence-corrected chi connectivity index (χ1v) is 7.34.